The zero-order chi connectivity index (χ0) is 22.4. The van der Waals surface area contributed by atoms with Gasteiger partial charge in [-0.1, -0.05) is 67.3 Å². The van der Waals surface area contributed by atoms with Crippen molar-refractivity contribution in [3.8, 4) is 0 Å². The molecule has 31 heavy (non-hydrogen) atoms. The Morgan fingerprint density at radius 3 is 2.23 bits per heavy atom. The molecule has 0 radical (unpaired) electrons. The molecule has 1 N–H and O–H groups in total. The third-order valence-electron chi connectivity index (χ3n) is 6.52. The van der Waals surface area contributed by atoms with Crippen molar-refractivity contribution in [1.29, 1.82) is 0 Å². The zero-order valence-corrected chi connectivity index (χ0v) is 19.4. The summed E-state index contributed by atoms with van der Waals surface area (Å²) < 4.78 is 0. The fourth-order valence-electron chi connectivity index (χ4n) is 4.23. The second-order valence-electron chi connectivity index (χ2n) is 9.12. The van der Waals surface area contributed by atoms with E-state index in [-0.39, 0.29) is 17.9 Å². The normalized spacial score (nSPS) is 15.4. The second-order valence-corrected chi connectivity index (χ2v) is 9.12. The lowest BCUT2D eigenvalue weighted by molar-refractivity contribution is -0.140. The molecule has 0 saturated heterocycles. The number of carbonyl (C=O) groups excluding carboxylic acids is 2. The number of aryl methyl sites for hydroxylation is 3. The van der Waals surface area contributed by atoms with Crippen molar-refractivity contribution in [3.05, 3.63) is 70.3 Å². The lowest BCUT2D eigenvalue weighted by Crippen LogP contribution is -2.50. The molecular formula is C27H36N2O2. The lowest BCUT2D eigenvalue weighted by atomic mass is 9.95. The SMILES string of the molecule is Cc1ccc(CN(C(=O)Cc2ccc(C)c(C)c2)[C@@H](C)C(=O)NC2CCCCC2)cc1. The smallest absolute Gasteiger partial charge is 0.242 e. The summed E-state index contributed by atoms with van der Waals surface area (Å²) in [4.78, 5) is 28.1. The van der Waals surface area contributed by atoms with Gasteiger partial charge < -0.3 is 10.2 Å². The third kappa shape index (κ3) is 6.43. The van der Waals surface area contributed by atoms with Crippen LogP contribution in [0.2, 0.25) is 0 Å². The zero-order valence-electron chi connectivity index (χ0n) is 19.4. The predicted molar refractivity (Wildman–Crippen MR) is 126 cm³/mol. The van der Waals surface area contributed by atoms with Gasteiger partial charge in [-0.15, -0.1) is 0 Å². The number of benzene rings is 2. The Morgan fingerprint density at radius 2 is 1.58 bits per heavy atom. The molecular weight excluding hydrogens is 384 g/mol. The van der Waals surface area contributed by atoms with E-state index in [1.54, 1.807) is 4.90 Å². The molecule has 4 heteroatoms. The Hall–Kier alpha value is -2.62. The summed E-state index contributed by atoms with van der Waals surface area (Å²) in [5.74, 6) is -0.0671. The molecule has 1 aliphatic carbocycles. The first-order valence-electron chi connectivity index (χ1n) is 11.5. The van der Waals surface area contributed by atoms with Crippen LogP contribution in [0, 0.1) is 20.8 Å². The minimum atomic E-state index is -0.512. The van der Waals surface area contributed by atoms with Crippen LogP contribution in [0.15, 0.2) is 42.5 Å². The molecule has 2 amide bonds. The van der Waals surface area contributed by atoms with E-state index in [1.807, 2.05) is 44.2 Å². The largest absolute Gasteiger partial charge is 0.352 e. The molecule has 2 aromatic carbocycles. The number of hydrogen-bond acceptors (Lipinski definition) is 2. The van der Waals surface area contributed by atoms with E-state index in [2.05, 4.69) is 31.3 Å². The van der Waals surface area contributed by atoms with E-state index in [1.165, 1.54) is 23.1 Å². The van der Waals surface area contributed by atoms with Gasteiger partial charge in [-0.2, -0.15) is 0 Å². The van der Waals surface area contributed by atoms with Gasteiger partial charge in [0.15, 0.2) is 0 Å². The Balaban J connectivity index is 1.76. The van der Waals surface area contributed by atoms with Crippen LogP contribution in [0.5, 0.6) is 0 Å². The quantitative estimate of drug-likeness (QED) is 0.684. The van der Waals surface area contributed by atoms with Crippen molar-refractivity contribution in [3.63, 3.8) is 0 Å². The maximum atomic E-state index is 13.4. The van der Waals surface area contributed by atoms with Gasteiger partial charge in [-0.25, -0.2) is 0 Å². The number of hydrogen-bond donors (Lipinski definition) is 1. The molecule has 2 aromatic rings. The fourth-order valence-corrected chi connectivity index (χ4v) is 4.23. The topological polar surface area (TPSA) is 49.4 Å². The number of rotatable bonds is 7. The second kappa shape index (κ2) is 10.6. The molecule has 166 valence electrons. The monoisotopic (exact) mass is 420 g/mol. The van der Waals surface area contributed by atoms with Gasteiger partial charge in [-0.3, -0.25) is 9.59 Å². The summed E-state index contributed by atoms with van der Waals surface area (Å²) in [5, 5.41) is 3.20. The van der Waals surface area contributed by atoms with Gasteiger partial charge >= 0.3 is 0 Å². The van der Waals surface area contributed by atoms with E-state index in [9.17, 15) is 9.59 Å². The maximum absolute atomic E-state index is 13.4. The Bertz CT molecular complexity index is 898. The van der Waals surface area contributed by atoms with Crippen molar-refractivity contribution in [2.24, 2.45) is 0 Å². The molecule has 0 heterocycles. The number of carbonyl (C=O) groups is 2. The van der Waals surface area contributed by atoms with E-state index in [0.29, 0.717) is 13.0 Å². The van der Waals surface area contributed by atoms with Crippen LogP contribution in [0.25, 0.3) is 0 Å². The van der Waals surface area contributed by atoms with Crippen LogP contribution in [-0.4, -0.2) is 28.8 Å². The Morgan fingerprint density at radius 1 is 0.935 bits per heavy atom. The van der Waals surface area contributed by atoms with Crippen LogP contribution in [0.4, 0.5) is 0 Å². The van der Waals surface area contributed by atoms with E-state index in [0.717, 1.165) is 36.8 Å². The van der Waals surface area contributed by atoms with Crippen molar-refractivity contribution in [1.82, 2.24) is 10.2 Å². The molecule has 0 aliphatic heterocycles. The first-order chi connectivity index (χ1) is 14.8. The van der Waals surface area contributed by atoms with Crippen LogP contribution in [0.1, 0.15) is 66.8 Å². The molecule has 1 aliphatic rings. The summed E-state index contributed by atoms with van der Waals surface area (Å²) in [6.07, 6.45) is 5.94. The molecule has 0 aromatic heterocycles. The Labute approximate surface area is 187 Å². The standard InChI is InChI=1S/C27H36N2O2/c1-19-10-13-23(14-11-19)18-29(22(4)27(31)28-25-8-6-5-7-9-25)26(30)17-24-15-12-20(2)21(3)16-24/h10-16,22,25H,5-9,17-18H2,1-4H3,(H,28,31)/t22-/m0/s1. The minimum absolute atomic E-state index is 0.0184. The predicted octanol–water partition coefficient (Wildman–Crippen LogP) is 5.02. The first-order valence-corrected chi connectivity index (χ1v) is 11.5. The van der Waals surface area contributed by atoms with Gasteiger partial charge in [0.25, 0.3) is 0 Å². The van der Waals surface area contributed by atoms with Gasteiger partial charge in [0, 0.05) is 12.6 Å². The highest BCUT2D eigenvalue weighted by atomic mass is 16.2. The number of amides is 2. The van der Waals surface area contributed by atoms with E-state index in [4.69, 9.17) is 0 Å². The van der Waals surface area contributed by atoms with E-state index < -0.39 is 6.04 Å². The summed E-state index contributed by atoms with van der Waals surface area (Å²) >= 11 is 0. The Kier molecular flexibility index (Phi) is 7.89. The van der Waals surface area contributed by atoms with Crippen LogP contribution in [0.3, 0.4) is 0 Å². The highest BCUT2D eigenvalue weighted by Gasteiger charge is 2.28. The third-order valence-corrected chi connectivity index (χ3v) is 6.52. The molecule has 1 fully saturated rings. The van der Waals surface area contributed by atoms with Gasteiger partial charge in [-0.05, 0) is 62.8 Å². The average molecular weight is 421 g/mol. The van der Waals surface area contributed by atoms with Crippen molar-refractivity contribution < 1.29 is 9.59 Å². The van der Waals surface area contributed by atoms with Crippen LogP contribution < -0.4 is 5.32 Å². The van der Waals surface area contributed by atoms with Crippen LogP contribution >= 0.6 is 0 Å². The first kappa shape index (κ1) is 23.1. The summed E-state index contributed by atoms with van der Waals surface area (Å²) in [7, 11) is 0. The maximum Gasteiger partial charge on any atom is 0.242 e. The van der Waals surface area contributed by atoms with Gasteiger partial charge in [0.05, 0.1) is 6.42 Å². The molecule has 0 spiro atoms. The molecule has 4 nitrogen and oxygen atoms in total. The average Bonchev–Trinajstić information content (AvgIpc) is 2.76. The van der Waals surface area contributed by atoms with Crippen molar-refractivity contribution in [2.45, 2.75) is 84.8 Å². The summed E-state index contributed by atoms with van der Waals surface area (Å²) in [6.45, 7) is 8.47. The minimum Gasteiger partial charge on any atom is -0.352 e. The molecule has 1 saturated carbocycles. The highest BCUT2D eigenvalue weighted by Crippen LogP contribution is 2.19. The fraction of sp³-hybridized carbons (Fsp3) is 0.481. The van der Waals surface area contributed by atoms with Gasteiger partial charge in [0.2, 0.25) is 11.8 Å². The number of nitrogens with one attached hydrogen (secondary N) is 1. The van der Waals surface area contributed by atoms with Crippen molar-refractivity contribution in [2.75, 3.05) is 0 Å². The van der Waals surface area contributed by atoms with Gasteiger partial charge in [0.1, 0.15) is 6.04 Å². The summed E-state index contributed by atoms with van der Waals surface area (Å²) in [5.41, 5.74) is 5.60. The van der Waals surface area contributed by atoms with Crippen LogP contribution in [-0.2, 0) is 22.6 Å². The highest BCUT2D eigenvalue weighted by molar-refractivity contribution is 5.88. The molecule has 0 unspecified atom stereocenters. The lowest BCUT2D eigenvalue weighted by Gasteiger charge is -2.31. The summed E-state index contributed by atoms with van der Waals surface area (Å²) in [6, 6.07) is 14.0. The van der Waals surface area contributed by atoms with E-state index >= 15 is 0 Å². The molecule has 3 rings (SSSR count). The number of nitrogens with zero attached hydrogens (tertiary/aromatic N) is 1. The molecule has 1 atom stereocenters. The molecule has 0 bridgehead atoms. The van der Waals surface area contributed by atoms with Crippen molar-refractivity contribution >= 4 is 11.8 Å².